The summed E-state index contributed by atoms with van der Waals surface area (Å²) in [5, 5.41) is 3.78. The molecule has 3 aliphatic rings. The lowest BCUT2D eigenvalue weighted by atomic mass is 9.84. The van der Waals surface area contributed by atoms with E-state index < -0.39 is 0 Å². The molecule has 0 spiro atoms. The van der Waals surface area contributed by atoms with Gasteiger partial charge in [0.2, 0.25) is 0 Å². The number of nitrogens with zero attached hydrogens (tertiary/aromatic N) is 1. The summed E-state index contributed by atoms with van der Waals surface area (Å²) in [4.78, 5) is 2.62. The zero-order valence-corrected chi connectivity index (χ0v) is 11.4. The Morgan fingerprint density at radius 1 is 1.28 bits per heavy atom. The molecule has 98 valence electrons. The van der Waals surface area contributed by atoms with Crippen molar-refractivity contribution >= 4 is 0 Å². The average molecular weight is 244 g/mol. The predicted molar refractivity (Wildman–Crippen MR) is 75.8 cm³/mol. The Labute approximate surface area is 110 Å². The second kappa shape index (κ2) is 5.41. The molecule has 1 aromatic carbocycles. The van der Waals surface area contributed by atoms with Crippen LogP contribution in [0.3, 0.4) is 0 Å². The molecular formula is C16H24N2. The van der Waals surface area contributed by atoms with Crippen LogP contribution in [-0.4, -0.2) is 37.1 Å². The summed E-state index contributed by atoms with van der Waals surface area (Å²) in [6, 6.07) is 9.63. The van der Waals surface area contributed by atoms with Gasteiger partial charge in [0.1, 0.15) is 0 Å². The van der Waals surface area contributed by atoms with Crippen LogP contribution < -0.4 is 5.32 Å². The minimum Gasteiger partial charge on any atom is -0.312 e. The normalized spacial score (nSPS) is 30.6. The van der Waals surface area contributed by atoms with Gasteiger partial charge in [0, 0.05) is 12.6 Å². The third-order valence-corrected chi connectivity index (χ3v) is 4.56. The highest BCUT2D eigenvalue weighted by Crippen LogP contribution is 2.27. The number of fused-ring (bicyclic) bond motifs is 3. The first-order chi connectivity index (χ1) is 8.81. The maximum atomic E-state index is 3.78. The van der Waals surface area contributed by atoms with E-state index in [1.54, 1.807) is 0 Å². The van der Waals surface area contributed by atoms with E-state index in [1.807, 2.05) is 0 Å². The molecule has 4 rings (SSSR count). The fraction of sp³-hybridized carbons (Fsp3) is 0.625. The Bertz CT molecular complexity index is 394. The van der Waals surface area contributed by atoms with Crippen molar-refractivity contribution in [2.24, 2.45) is 5.92 Å². The third kappa shape index (κ3) is 2.76. The van der Waals surface area contributed by atoms with Crippen LogP contribution in [0.5, 0.6) is 0 Å². The molecule has 3 aliphatic heterocycles. The molecule has 2 nitrogen and oxygen atoms in total. The molecule has 3 saturated heterocycles. The summed E-state index contributed by atoms with van der Waals surface area (Å²) in [5.41, 5.74) is 2.83. The SMILES string of the molecule is Cc1cccc(CCNC2CN3CCC2CC3)c1. The first-order valence-electron chi connectivity index (χ1n) is 7.32. The van der Waals surface area contributed by atoms with Gasteiger partial charge >= 0.3 is 0 Å². The molecule has 1 N–H and O–H groups in total. The third-order valence-electron chi connectivity index (χ3n) is 4.56. The van der Waals surface area contributed by atoms with Gasteiger partial charge < -0.3 is 10.2 Å². The molecule has 0 amide bonds. The van der Waals surface area contributed by atoms with Crippen molar-refractivity contribution in [1.82, 2.24) is 10.2 Å². The van der Waals surface area contributed by atoms with E-state index in [-0.39, 0.29) is 0 Å². The summed E-state index contributed by atoms with van der Waals surface area (Å²) in [5.74, 6) is 0.938. The van der Waals surface area contributed by atoms with E-state index in [4.69, 9.17) is 0 Å². The van der Waals surface area contributed by atoms with Gasteiger partial charge in [-0.15, -0.1) is 0 Å². The van der Waals surface area contributed by atoms with Crippen LogP contribution in [0.1, 0.15) is 24.0 Å². The topological polar surface area (TPSA) is 15.3 Å². The molecule has 1 aromatic rings. The highest BCUT2D eigenvalue weighted by atomic mass is 15.2. The van der Waals surface area contributed by atoms with Crippen molar-refractivity contribution in [2.75, 3.05) is 26.2 Å². The monoisotopic (exact) mass is 244 g/mol. The summed E-state index contributed by atoms with van der Waals surface area (Å²) < 4.78 is 0. The van der Waals surface area contributed by atoms with E-state index >= 15 is 0 Å². The maximum absolute atomic E-state index is 3.78. The van der Waals surface area contributed by atoms with E-state index in [1.165, 1.54) is 43.6 Å². The number of rotatable bonds is 4. The highest BCUT2D eigenvalue weighted by Gasteiger charge is 2.33. The summed E-state index contributed by atoms with van der Waals surface area (Å²) in [7, 11) is 0. The first-order valence-corrected chi connectivity index (χ1v) is 7.32. The first kappa shape index (κ1) is 12.2. The summed E-state index contributed by atoms with van der Waals surface area (Å²) in [6.07, 6.45) is 3.97. The van der Waals surface area contributed by atoms with Crippen LogP contribution in [0.2, 0.25) is 0 Å². The molecule has 1 atom stereocenters. The number of hydrogen-bond acceptors (Lipinski definition) is 2. The van der Waals surface area contributed by atoms with Gasteiger partial charge in [-0.05, 0) is 57.3 Å². The summed E-state index contributed by atoms with van der Waals surface area (Å²) >= 11 is 0. The number of piperidine rings is 3. The quantitative estimate of drug-likeness (QED) is 0.873. The van der Waals surface area contributed by atoms with E-state index in [0.717, 1.165) is 24.9 Å². The van der Waals surface area contributed by atoms with Gasteiger partial charge in [0.25, 0.3) is 0 Å². The van der Waals surface area contributed by atoms with Gasteiger partial charge in [-0.2, -0.15) is 0 Å². The van der Waals surface area contributed by atoms with Crippen LogP contribution >= 0.6 is 0 Å². The van der Waals surface area contributed by atoms with Crippen LogP contribution in [0.15, 0.2) is 24.3 Å². The van der Waals surface area contributed by atoms with Gasteiger partial charge in [0.05, 0.1) is 0 Å². The molecule has 18 heavy (non-hydrogen) atoms. The predicted octanol–water partition coefficient (Wildman–Crippen LogP) is 2.22. The molecule has 3 heterocycles. The second-order valence-corrected chi connectivity index (χ2v) is 5.94. The number of benzene rings is 1. The van der Waals surface area contributed by atoms with Gasteiger partial charge in [0.15, 0.2) is 0 Å². The van der Waals surface area contributed by atoms with Crippen molar-refractivity contribution in [1.29, 1.82) is 0 Å². The Balaban J connectivity index is 1.47. The lowest BCUT2D eigenvalue weighted by Gasteiger charge is -2.45. The molecule has 2 bridgehead atoms. The minimum absolute atomic E-state index is 0.748. The molecular weight excluding hydrogens is 220 g/mol. The molecule has 0 radical (unpaired) electrons. The zero-order chi connectivity index (χ0) is 12.4. The van der Waals surface area contributed by atoms with Gasteiger partial charge in [-0.3, -0.25) is 0 Å². The summed E-state index contributed by atoms with van der Waals surface area (Å²) in [6.45, 7) is 7.24. The number of hydrogen-bond donors (Lipinski definition) is 1. The Kier molecular flexibility index (Phi) is 3.67. The largest absolute Gasteiger partial charge is 0.312 e. The van der Waals surface area contributed by atoms with Crippen LogP contribution in [-0.2, 0) is 6.42 Å². The fourth-order valence-corrected chi connectivity index (χ4v) is 3.47. The molecule has 3 fully saturated rings. The second-order valence-electron chi connectivity index (χ2n) is 5.94. The lowest BCUT2D eigenvalue weighted by molar-refractivity contribution is 0.0731. The molecule has 2 heteroatoms. The van der Waals surface area contributed by atoms with Gasteiger partial charge in [-0.25, -0.2) is 0 Å². The smallest absolute Gasteiger partial charge is 0.0224 e. The Morgan fingerprint density at radius 3 is 2.78 bits per heavy atom. The van der Waals surface area contributed by atoms with Crippen LogP contribution in [0.25, 0.3) is 0 Å². The minimum atomic E-state index is 0.748. The van der Waals surface area contributed by atoms with Crippen molar-refractivity contribution in [2.45, 2.75) is 32.2 Å². The molecule has 0 aromatic heterocycles. The van der Waals surface area contributed by atoms with Crippen molar-refractivity contribution in [3.8, 4) is 0 Å². The average Bonchev–Trinajstić information content (AvgIpc) is 2.40. The van der Waals surface area contributed by atoms with E-state index in [9.17, 15) is 0 Å². The van der Waals surface area contributed by atoms with Crippen molar-refractivity contribution in [3.63, 3.8) is 0 Å². The van der Waals surface area contributed by atoms with Crippen LogP contribution in [0, 0.1) is 12.8 Å². The maximum Gasteiger partial charge on any atom is 0.0224 e. The number of nitrogens with one attached hydrogen (secondary N) is 1. The Morgan fingerprint density at radius 2 is 2.11 bits per heavy atom. The van der Waals surface area contributed by atoms with Crippen molar-refractivity contribution < 1.29 is 0 Å². The Hall–Kier alpha value is -0.860. The number of aryl methyl sites for hydroxylation is 1. The van der Waals surface area contributed by atoms with Crippen LogP contribution in [0.4, 0.5) is 0 Å². The van der Waals surface area contributed by atoms with Gasteiger partial charge in [-0.1, -0.05) is 29.8 Å². The highest BCUT2D eigenvalue weighted by molar-refractivity contribution is 5.22. The fourth-order valence-electron chi connectivity index (χ4n) is 3.47. The van der Waals surface area contributed by atoms with E-state index in [0.29, 0.717) is 0 Å². The van der Waals surface area contributed by atoms with Crippen molar-refractivity contribution in [3.05, 3.63) is 35.4 Å². The lowest BCUT2D eigenvalue weighted by Crippen LogP contribution is -2.56. The molecule has 0 saturated carbocycles. The molecule has 0 aliphatic carbocycles. The molecule has 1 unspecified atom stereocenters. The standard InChI is InChI=1S/C16H24N2/c1-13-3-2-4-14(11-13)5-8-17-16-12-18-9-6-15(16)7-10-18/h2-4,11,15-17H,5-10,12H2,1H3. The zero-order valence-electron chi connectivity index (χ0n) is 11.4. The van der Waals surface area contributed by atoms with E-state index in [2.05, 4.69) is 41.4 Å².